The van der Waals surface area contributed by atoms with E-state index in [-0.39, 0.29) is 23.8 Å². The van der Waals surface area contributed by atoms with Gasteiger partial charge in [0.05, 0.1) is 6.54 Å². The highest BCUT2D eigenvalue weighted by atomic mass is 16.4. The highest BCUT2D eigenvalue weighted by Gasteiger charge is 2.12. The second kappa shape index (κ2) is 6.23. The molecule has 0 aromatic heterocycles. The van der Waals surface area contributed by atoms with E-state index < -0.39 is 0 Å². The van der Waals surface area contributed by atoms with Crippen molar-refractivity contribution in [2.75, 3.05) is 13.1 Å². The molecule has 0 heterocycles. The van der Waals surface area contributed by atoms with Crippen molar-refractivity contribution in [2.24, 2.45) is 10.9 Å². The Hall–Kier alpha value is -1.30. The molecule has 0 aliphatic rings. The second-order valence-electron chi connectivity index (χ2n) is 4.32. The van der Waals surface area contributed by atoms with E-state index in [4.69, 9.17) is 10.9 Å². The largest absolute Gasteiger partial charge is 0.409 e. The van der Waals surface area contributed by atoms with Crippen LogP contribution in [0.1, 0.15) is 27.2 Å². The zero-order chi connectivity index (χ0) is 11.9. The van der Waals surface area contributed by atoms with Crippen molar-refractivity contribution < 1.29 is 10.0 Å². The third-order valence-corrected chi connectivity index (χ3v) is 1.48. The van der Waals surface area contributed by atoms with Crippen LogP contribution in [0.4, 0.5) is 0 Å². The van der Waals surface area contributed by atoms with E-state index in [0.717, 1.165) is 0 Å². The molecule has 6 nitrogen and oxygen atoms in total. The molecule has 5 N–H and O–H groups in total. The fraction of sp³-hybridized carbons (Fsp3) is 0.778. The highest BCUT2D eigenvalue weighted by molar-refractivity contribution is 5.81. The van der Waals surface area contributed by atoms with Crippen LogP contribution in [0, 0.1) is 0 Å². The lowest BCUT2D eigenvalue weighted by Crippen LogP contribution is -2.42. The fourth-order valence-corrected chi connectivity index (χ4v) is 0.934. The molecule has 0 saturated heterocycles. The molecule has 88 valence electrons. The zero-order valence-electron chi connectivity index (χ0n) is 9.50. The zero-order valence-corrected chi connectivity index (χ0v) is 9.50. The maximum absolute atomic E-state index is 11.3. The van der Waals surface area contributed by atoms with Crippen LogP contribution in [-0.2, 0) is 4.79 Å². The monoisotopic (exact) mass is 216 g/mol. The number of rotatable bonds is 5. The van der Waals surface area contributed by atoms with Gasteiger partial charge in [-0.2, -0.15) is 0 Å². The molecule has 0 rings (SSSR count). The number of hydrogen-bond acceptors (Lipinski definition) is 4. The van der Waals surface area contributed by atoms with Gasteiger partial charge in [0.1, 0.15) is 0 Å². The van der Waals surface area contributed by atoms with Gasteiger partial charge in [-0.1, -0.05) is 5.16 Å². The summed E-state index contributed by atoms with van der Waals surface area (Å²) >= 11 is 0. The summed E-state index contributed by atoms with van der Waals surface area (Å²) in [5.41, 5.74) is 5.02. The molecule has 1 amide bonds. The van der Waals surface area contributed by atoms with Crippen molar-refractivity contribution in [2.45, 2.75) is 32.7 Å². The number of oxime groups is 1. The Morgan fingerprint density at radius 1 is 1.47 bits per heavy atom. The van der Waals surface area contributed by atoms with Crippen LogP contribution in [0.5, 0.6) is 0 Å². The molecule has 0 aromatic carbocycles. The smallest absolute Gasteiger partial charge is 0.221 e. The molecule has 15 heavy (non-hydrogen) atoms. The number of amides is 1. The number of nitrogens with one attached hydrogen (secondary N) is 2. The van der Waals surface area contributed by atoms with Gasteiger partial charge in [0.15, 0.2) is 5.84 Å². The number of carbonyl (C=O) groups excluding carboxylic acids is 1. The van der Waals surface area contributed by atoms with Gasteiger partial charge in [-0.3, -0.25) is 4.79 Å². The molecule has 6 heteroatoms. The Kier molecular flexibility index (Phi) is 5.69. The summed E-state index contributed by atoms with van der Waals surface area (Å²) in [5, 5.41) is 16.7. The quantitative estimate of drug-likeness (QED) is 0.166. The Morgan fingerprint density at radius 3 is 2.53 bits per heavy atom. The first-order valence-corrected chi connectivity index (χ1v) is 4.83. The van der Waals surface area contributed by atoms with Crippen LogP contribution in [0.3, 0.4) is 0 Å². The maximum Gasteiger partial charge on any atom is 0.221 e. The Morgan fingerprint density at radius 2 is 2.07 bits per heavy atom. The SMILES string of the molecule is CC(C)(C)NC(=O)CCNCC(N)=NO. The normalized spacial score (nSPS) is 12.6. The predicted molar refractivity (Wildman–Crippen MR) is 58.8 cm³/mol. The number of carbonyl (C=O) groups is 1. The fourth-order valence-electron chi connectivity index (χ4n) is 0.934. The summed E-state index contributed by atoms with van der Waals surface area (Å²) in [6, 6.07) is 0. The van der Waals surface area contributed by atoms with Gasteiger partial charge < -0.3 is 21.6 Å². The molecular weight excluding hydrogens is 196 g/mol. The molecule has 0 aliphatic carbocycles. The minimum Gasteiger partial charge on any atom is -0.409 e. The summed E-state index contributed by atoms with van der Waals surface area (Å²) in [6.45, 7) is 6.55. The van der Waals surface area contributed by atoms with Crippen LogP contribution in [0.25, 0.3) is 0 Å². The van der Waals surface area contributed by atoms with E-state index in [9.17, 15) is 4.79 Å². The number of amidine groups is 1. The van der Waals surface area contributed by atoms with Crippen LogP contribution in [0.15, 0.2) is 5.16 Å². The minimum absolute atomic E-state index is 0.0190. The number of nitrogens with zero attached hydrogens (tertiary/aromatic N) is 1. The lowest BCUT2D eigenvalue weighted by molar-refractivity contribution is -0.122. The third-order valence-electron chi connectivity index (χ3n) is 1.48. The van der Waals surface area contributed by atoms with E-state index in [2.05, 4.69) is 15.8 Å². The average molecular weight is 216 g/mol. The first kappa shape index (κ1) is 13.7. The molecular formula is C9H20N4O2. The van der Waals surface area contributed by atoms with Crippen molar-refractivity contribution in [1.29, 1.82) is 0 Å². The van der Waals surface area contributed by atoms with Gasteiger partial charge in [-0.15, -0.1) is 0 Å². The van der Waals surface area contributed by atoms with Crippen molar-refractivity contribution in [3.63, 3.8) is 0 Å². The summed E-state index contributed by atoms with van der Waals surface area (Å²) in [5.74, 6) is 0.0840. The first-order valence-electron chi connectivity index (χ1n) is 4.83. The standard InChI is InChI=1S/C9H20N4O2/c1-9(2,3)12-8(14)4-5-11-6-7(10)13-15/h11,15H,4-6H2,1-3H3,(H2,10,13)(H,12,14). The van der Waals surface area contributed by atoms with E-state index in [1.54, 1.807) is 0 Å². The van der Waals surface area contributed by atoms with Crippen molar-refractivity contribution >= 4 is 11.7 Å². The van der Waals surface area contributed by atoms with Crippen LogP contribution < -0.4 is 16.4 Å². The van der Waals surface area contributed by atoms with Gasteiger partial charge in [-0.05, 0) is 20.8 Å². The van der Waals surface area contributed by atoms with Gasteiger partial charge >= 0.3 is 0 Å². The molecule has 0 unspecified atom stereocenters. The molecule has 0 saturated carbocycles. The lowest BCUT2D eigenvalue weighted by Gasteiger charge is -2.20. The second-order valence-corrected chi connectivity index (χ2v) is 4.32. The number of nitrogens with two attached hydrogens (primary N) is 1. The summed E-state index contributed by atoms with van der Waals surface area (Å²) in [6.07, 6.45) is 0.371. The van der Waals surface area contributed by atoms with E-state index >= 15 is 0 Å². The van der Waals surface area contributed by atoms with Crippen molar-refractivity contribution in [3.05, 3.63) is 0 Å². The average Bonchev–Trinajstić information content (AvgIpc) is 2.09. The molecule has 0 spiro atoms. The van der Waals surface area contributed by atoms with Crippen LogP contribution in [0.2, 0.25) is 0 Å². The van der Waals surface area contributed by atoms with Gasteiger partial charge in [0.25, 0.3) is 0 Å². The molecule has 0 fully saturated rings. The van der Waals surface area contributed by atoms with Crippen LogP contribution >= 0.6 is 0 Å². The van der Waals surface area contributed by atoms with Gasteiger partial charge in [0, 0.05) is 18.5 Å². The number of hydrogen-bond donors (Lipinski definition) is 4. The summed E-state index contributed by atoms with van der Waals surface area (Å²) < 4.78 is 0. The third kappa shape index (κ3) is 9.01. The van der Waals surface area contributed by atoms with E-state index in [1.807, 2.05) is 20.8 Å². The first-order chi connectivity index (χ1) is 6.85. The van der Waals surface area contributed by atoms with Crippen LogP contribution in [-0.4, -0.2) is 35.6 Å². The maximum atomic E-state index is 11.3. The Balaban J connectivity index is 3.57. The Labute approximate surface area is 89.9 Å². The van der Waals surface area contributed by atoms with Gasteiger partial charge in [0.2, 0.25) is 5.91 Å². The molecule has 0 radical (unpaired) electrons. The molecule has 0 bridgehead atoms. The minimum atomic E-state index is -0.206. The Bertz CT molecular complexity index is 233. The molecule has 0 atom stereocenters. The summed E-state index contributed by atoms with van der Waals surface area (Å²) in [7, 11) is 0. The molecule has 0 aromatic rings. The van der Waals surface area contributed by atoms with Crippen molar-refractivity contribution in [3.8, 4) is 0 Å². The van der Waals surface area contributed by atoms with E-state index in [0.29, 0.717) is 13.0 Å². The van der Waals surface area contributed by atoms with Gasteiger partial charge in [-0.25, -0.2) is 0 Å². The predicted octanol–water partition coefficient (Wildman–Crippen LogP) is -0.373. The lowest BCUT2D eigenvalue weighted by atomic mass is 10.1. The molecule has 0 aliphatic heterocycles. The topological polar surface area (TPSA) is 99.7 Å². The summed E-state index contributed by atoms with van der Waals surface area (Å²) in [4.78, 5) is 11.3. The highest BCUT2D eigenvalue weighted by Crippen LogP contribution is 1.98. The van der Waals surface area contributed by atoms with Crippen molar-refractivity contribution in [1.82, 2.24) is 10.6 Å². The van der Waals surface area contributed by atoms with E-state index in [1.165, 1.54) is 0 Å².